The van der Waals surface area contributed by atoms with Crippen LogP contribution in [0.5, 0.6) is 0 Å². The molecule has 0 amide bonds. The van der Waals surface area contributed by atoms with Crippen LogP contribution in [0.4, 0.5) is 0 Å². The van der Waals surface area contributed by atoms with Gasteiger partial charge in [0.1, 0.15) is 0 Å². The molecule has 12 heavy (non-hydrogen) atoms. The van der Waals surface area contributed by atoms with Gasteiger partial charge in [0.2, 0.25) is 0 Å². The predicted octanol–water partition coefficient (Wildman–Crippen LogP) is 2.96. The Balaban J connectivity index is 3.94. The fourth-order valence-corrected chi connectivity index (χ4v) is 1.03. The fourth-order valence-electron chi connectivity index (χ4n) is 1.03. The summed E-state index contributed by atoms with van der Waals surface area (Å²) in [7, 11) is 0. The van der Waals surface area contributed by atoms with E-state index in [-0.39, 0.29) is 11.9 Å². The van der Waals surface area contributed by atoms with E-state index in [1.165, 1.54) is 0 Å². The van der Waals surface area contributed by atoms with Crippen LogP contribution in [0, 0.1) is 0 Å². The van der Waals surface area contributed by atoms with Crippen LogP contribution in [0.1, 0.15) is 47.5 Å². The number of hydrogen-bond donors (Lipinski definition) is 0. The van der Waals surface area contributed by atoms with Crippen molar-refractivity contribution >= 4 is 0 Å². The molecule has 0 aliphatic rings. The van der Waals surface area contributed by atoms with Gasteiger partial charge >= 0.3 is 0 Å². The molecule has 2 unspecified atom stereocenters. The molecular weight excluding hydrogens is 152 g/mol. The van der Waals surface area contributed by atoms with Crippen molar-refractivity contribution in [1.29, 1.82) is 0 Å². The summed E-state index contributed by atoms with van der Waals surface area (Å²) in [6.45, 7) is 11.0. The Bertz CT molecular complexity index is 114. The summed E-state index contributed by atoms with van der Waals surface area (Å²) in [6.07, 6.45) is 2.20. The van der Waals surface area contributed by atoms with Crippen LogP contribution in [0.25, 0.3) is 0 Å². The summed E-state index contributed by atoms with van der Waals surface area (Å²) in [4.78, 5) is 0. The molecule has 0 rings (SSSR count). The van der Waals surface area contributed by atoms with Crippen molar-refractivity contribution in [2.45, 2.75) is 59.4 Å². The third-order valence-electron chi connectivity index (χ3n) is 2.12. The third kappa shape index (κ3) is 4.07. The molecule has 74 valence electrons. The molecule has 0 saturated carbocycles. The summed E-state index contributed by atoms with van der Waals surface area (Å²) in [6, 6.07) is 0. The van der Waals surface area contributed by atoms with Gasteiger partial charge in [0.15, 0.2) is 5.79 Å². The highest BCUT2D eigenvalue weighted by Gasteiger charge is 2.24. The van der Waals surface area contributed by atoms with E-state index < -0.39 is 0 Å². The van der Waals surface area contributed by atoms with Crippen LogP contribution < -0.4 is 0 Å². The summed E-state index contributed by atoms with van der Waals surface area (Å²) in [5, 5.41) is 0. The van der Waals surface area contributed by atoms with Gasteiger partial charge in [-0.3, -0.25) is 0 Å². The summed E-state index contributed by atoms with van der Waals surface area (Å²) in [5.41, 5.74) is 0. The van der Waals surface area contributed by atoms with Crippen LogP contribution in [-0.2, 0) is 9.47 Å². The van der Waals surface area contributed by atoms with Crippen LogP contribution >= 0.6 is 0 Å². The third-order valence-corrected chi connectivity index (χ3v) is 2.12. The average molecular weight is 174 g/mol. The van der Waals surface area contributed by atoms with Crippen LogP contribution in [0.3, 0.4) is 0 Å². The Morgan fingerprint density at radius 1 is 1.25 bits per heavy atom. The molecule has 0 aliphatic carbocycles. The minimum absolute atomic E-state index is 0.279. The Morgan fingerprint density at radius 3 is 2.17 bits per heavy atom. The first-order chi connectivity index (χ1) is 5.58. The minimum atomic E-state index is -0.385. The topological polar surface area (TPSA) is 18.5 Å². The first kappa shape index (κ1) is 11.9. The second-order valence-electron chi connectivity index (χ2n) is 3.26. The van der Waals surface area contributed by atoms with E-state index in [1.54, 1.807) is 0 Å². The average Bonchev–Trinajstić information content (AvgIpc) is 2.05. The standard InChI is InChI=1S/C10H22O2/c1-6-9(4)12-10(5,7-2)11-8-3/h9H,6-8H2,1-5H3. The van der Waals surface area contributed by atoms with Crippen LogP contribution in [-0.4, -0.2) is 18.5 Å². The molecule has 0 aromatic carbocycles. The molecule has 2 atom stereocenters. The highest BCUT2D eigenvalue weighted by atomic mass is 16.7. The van der Waals surface area contributed by atoms with Crippen molar-refractivity contribution in [3.05, 3.63) is 0 Å². The number of hydrogen-bond acceptors (Lipinski definition) is 2. The normalized spacial score (nSPS) is 18.8. The van der Waals surface area contributed by atoms with E-state index in [4.69, 9.17) is 9.47 Å². The maximum absolute atomic E-state index is 5.75. The molecular formula is C10H22O2. The zero-order valence-electron chi connectivity index (χ0n) is 9.02. The van der Waals surface area contributed by atoms with Crippen molar-refractivity contribution in [3.63, 3.8) is 0 Å². The first-order valence-electron chi connectivity index (χ1n) is 4.89. The van der Waals surface area contributed by atoms with E-state index in [0.717, 1.165) is 12.8 Å². The van der Waals surface area contributed by atoms with Gasteiger partial charge in [-0.15, -0.1) is 0 Å². The quantitative estimate of drug-likeness (QED) is 0.576. The lowest BCUT2D eigenvalue weighted by Gasteiger charge is -2.31. The highest BCUT2D eigenvalue weighted by molar-refractivity contribution is 4.62. The summed E-state index contributed by atoms with van der Waals surface area (Å²) < 4.78 is 11.3. The molecule has 2 heteroatoms. The highest BCUT2D eigenvalue weighted by Crippen LogP contribution is 2.19. The van der Waals surface area contributed by atoms with Crippen LogP contribution in [0.15, 0.2) is 0 Å². The summed E-state index contributed by atoms with van der Waals surface area (Å²) in [5.74, 6) is -0.385. The van der Waals surface area contributed by atoms with E-state index in [1.807, 2.05) is 13.8 Å². The SMILES string of the molecule is CCOC(C)(CC)OC(C)CC. The Hall–Kier alpha value is -0.0800. The molecule has 0 aromatic rings. The Kier molecular flexibility index (Phi) is 5.51. The van der Waals surface area contributed by atoms with Crippen molar-refractivity contribution in [2.24, 2.45) is 0 Å². The van der Waals surface area contributed by atoms with Gasteiger partial charge in [0, 0.05) is 6.61 Å². The molecule has 0 bridgehead atoms. The zero-order valence-corrected chi connectivity index (χ0v) is 9.02. The molecule has 2 nitrogen and oxygen atoms in total. The van der Waals surface area contributed by atoms with Gasteiger partial charge in [-0.2, -0.15) is 0 Å². The van der Waals surface area contributed by atoms with E-state index in [9.17, 15) is 0 Å². The first-order valence-corrected chi connectivity index (χ1v) is 4.89. The molecule has 0 aliphatic heterocycles. The van der Waals surface area contributed by atoms with Crippen molar-refractivity contribution in [3.8, 4) is 0 Å². The Labute approximate surface area is 76.3 Å². The molecule has 0 radical (unpaired) electrons. The maximum atomic E-state index is 5.75. The van der Waals surface area contributed by atoms with E-state index >= 15 is 0 Å². The van der Waals surface area contributed by atoms with Crippen molar-refractivity contribution < 1.29 is 9.47 Å². The van der Waals surface area contributed by atoms with E-state index in [2.05, 4.69) is 20.8 Å². The predicted molar refractivity (Wildman–Crippen MR) is 51.2 cm³/mol. The lowest BCUT2D eigenvalue weighted by atomic mass is 10.2. The van der Waals surface area contributed by atoms with Gasteiger partial charge in [0.25, 0.3) is 0 Å². The largest absolute Gasteiger partial charge is 0.351 e. The molecule has 0 fully saturated rings. The minimum Gasteiger partial charge on any atom is -0.351 e. The molecule has 0 saturated heterocycles. The lowest BCUT2D eigenvalue weighted by Crippen LogP contribution is -2.34. The van der Waals surface area contributed by atoms with Gasteiger partial charge in [0.05, 0.1) is 6.10 Å². The molecule has 0 N–H and O–H groups in total. The van der Waals surface area contributed by atoms with Gasteiger partial charge in [-0.05, 0) is 33.6 Å². The fraction of sp³-hybridized carbons (Fsp3) is 1.00. The van der Waals surface area contributed by atoms with Gasteiger partial charge < -0.3 is 9.47 Å². The lowest BCUT2D eigenvalue weighted by molar-refractivity contribution is -0.244. The van der Waals surface area contributed by atoms with E-state index in [0.29, 0.717) is 6.61 Å². The second-order valence-corrected chi connectivity index (χ2v) is 3.26. The van der Waals surface area contributed by atoms with Gasteiger partial charge in [-0.25, -0.2) is 0 Å². The van der Waals surface area contributed by atoms with Crippen LogP contribution in [0.2, 0.25) is 0 Å². The maximum Gasteiger partial charge on any atom is 0.165 e. The van der Waals surface area contributed by atoms with Crippen molar-refractivity contribution in [1.82, 2.24) is 0 Å². The summed E-state index contributed by atoms with van der Waals surface area (Å²) >= 11 is 0. The second kappa shape index (κ2) is 5.55. The number of ether oxygens (including phenoxy) is 2. The van der Waals surface area contributed by atoms with Gasteiger partial charge in [-0.1, -0.05) is 13.8 Å². The Morgan fingerprint density at radius 2 is 1.83 bits per heavy atom. The smallest absolute Gasteiger partial charge is 0.165 e. The number of rotatable bonds is 6. The monoisotopic (exact) mass is 174 g/mol. The molecule has 0 spiro atoms. The molecule has 0 heterocycles. The molecule has 0 aromatic heterocycles. The zero-order chi connectivity index (χ0) is 9.61. The van der Waals surface area contributed by atoms with Crippen molar-refractivity contribution in [2.75, 3.05) is 6.61 Å².